The molecule has 1 unspecified atom stereocenters. The van der Waals surface area contributed by atoms with E-state index in [-0.39, 0.29) is 23.7 Å². The van der Waals surface area contributed by atoms with E-state index in [1.165, 1.54) is 12.8 Å². The smallest absolute Gasteiger partial charge is 0.249 e. The van der Waals surface area contributed by atoms with Gasteiger partial charge in [-0.1, -0.05) is 19.8 Å². The molecular weight excluding hydrogens is 216 g/mol. The Morgan fingerprint density at radius 1 is 1.47 bits per heavy atom. The standard InChI is InChI=1S/C13H26N2O2/c1-4-11(17-10-7-5-6-8-10)12(16)15-9-13(2,3)14/h10-11H,4-9,14H2,1-3H3,(H,15,16). The zero-order chi connectivity index (χ0) is 12.9. The summed E-state index contributed by atoms with van der Waals surface area (Å²) in [4.78, 5) is 11.9. The van der Waals surface area contributed by atoms with Gasteiger partial charge in [0.05, 0.1) is 6.10 Å². The van der Waals surface area contributed by atoms with Crippen molar-refractivity contribution in [2.45, 2.75) is 70.6 Å². The Morgan fingerprint density at radius 2 is 2.06 bits per heavy atom. The normalized spacial score (nSPS) is 19.3. The first-order chi connectivity index (χ1) is 7.92. The van der Waals surface area contributed by atoms with E-state index in [0.29, 0.717) is 13.0 Å². The van der Waals surface area contributed by atoms with Crippen LogP contribution in [0.25, 0.3) is 0 Å². The van der Waals surface area contributed by atoms with E-state index < -0.39 is 0 Å². The molecule has 1 fully saturated rings. The Bertz CT molecular complexity index is 242. The molecule has 0 saturated heterocycles. The van der Waals surface area contributed by atoms with Gasteiger partial charge in [-0.3, -0.25) is 4.79 Å². The van der Waals surface area contributed by atoms with Crippen molar-refractivity contribution in [1.29, 1.82) is 0 Å². The number of hydrogen-bond donors (Lipinski definition) is 2. The van der Waals surface area contributed by atoms with Gasteiger partial charge in [-0.2, -0.15) is 0 Å². The largest absolute Gasteiger partial charge is 0.365 e. The molecule has 0 aliphatic heterocycles. The van der Waals surface area contributed by atoms with Crippen LogP contribution in [0.3, 0.4) is 0 Å². The maximum atomic E-state index is 11.9. The van der Waals surface area contributed by atoms with Crippen molar-refractivity contribution in [3.05, 3.63) is 0 Å². The van der Waals surface area contributed by atoms with E-state index in [2.05, 4.69) is 5.32 Å². The second kappa shape index (κ2) is 6.36. The molecule has 0 spiro atoms. The fourth-order valence-electron chi connectivity index (χ4n) is 2.03. The third-order valence-corrected chi connectivity index (χ3v) is 3.04. The third kappa shape index (κ3) is 5.50. The van der Waals surface area contributed by atoms with Gasteiger partial charge in [0.1, 0.15) is 6.10 Å². The zero-order valence-corrected chi connectivity index (χ0v) is 11.3. The highest BCUT2D eigenvalue weighted by atomic mass is 16.5. The lowest BCUT2D eigenvalue weighted by Gasteiger charge is -2.23. The van der Waals surface area contributed by atoms with Crippen LogP contribution in [0, 0.1) is 0 Å². The molecule has 0 heterocycles. The van der Waals surface area contributed by atoms with E-state index >= 15 is 0 Å². The van der Waals surface area contributed by atoms with Crippen LogP contribution in [-0.2, 0) is 9.53 Å². The van der Waals surface area contributed by atoms with E-state index in [1.807, 2.05) is 20.8 Å². The SMILES string of the molecule is CCC(OC1CCCC1)C(=O)NCC(C)(C)N. The number of ether oxygens (including phenoxy) is 1. The van der Waals surface area contributed by atoms with Crippen LogP contribution in [0.5, 0.6) is 0 Å². The summed E-state index contributed by atoms with van der Waals surface area (Å²) in [6.07, 6.45) is 5.29. The molecule has 1 atom stereocenters. The minimum absolute atomic E-state index is 0.0297. The number of rotatable bonds is 6. The molecule has 1 rings (SSSR count). The van der Waals surface area contributed by atoms with Gasteiger partial charge in [0, 0.05) is 12.1 Å². The highest BCUT2D eigenvalue weighted by molar-refractivity contribution is 5.80. The first-order valence-electron chi connectivity index (χ1n) is 6.64. The predicted molar refractivity (Wildman–Crippen MR) is 68.7 cm³/mol. The highest BCUT2D eigenvalue weighted by Gasteiger charge is 2.25. The average molecular weight is 242 g/mol. The van der Waals surface area contributed by atoms with E-state index in [9.17, 15) is 4.79 Å². The second-order valence-corrected chi connectivity index (χ2v) is 5.65. The van der Waals surface area contributed by atoms with Gasteiger partial charge in [0.15, 0.2) is 0 Å². The number of carbonyl (C=O) groups is 1. The van der Waals surface area contributed by atoms with Crippen LogP contribution in [0.15, 0.2) is 0 Å². The number of nitrogens with two attached hydrogens (primary N) is 1. The summed E-state index contributed by atoms with van der Waals surface area (Å²) in [7, 11) is 0. The van der Waals surface area contributed by atoms with Gasteiger partial charge in [0.2, 0.25) is 5.91 Å². The molecule has 0 aromatic heterocycles. The van der Waals surface area contributed by atoms with E-state index in [1.54, 1.807) is 0 Å². The molecule has 4 nitrogen and oxygen atoms in total. The van der Waals surface area contributed by atoms with E-state index in [0.717, 1.165) is 12.8 Å². The molecule has 1 aliphatic rings. The number of carbonyl (C=O) groups excluding carboxylic acids is 1. The highest BCUT2D eigenvalue weighted by Crippen LogP contribution is 2.22. The molecule has 0 aromatic rings. The molecular formula is C13H26N2O2. The number of amides is 1. The number of hydrogen-bond acceptors (Lipinski definition) is 3. The molecule has 3 N–H and O–H groups in total. The minimum atomic E-state index is -0.374. The summed E-state index contributed by atoms with van der Waals surface area (Å²) in [6, 6.07) is 0. The first kappa shape index (κ1) is 14.5. The maximum Gasteiger partial charge on any atom is 0.249 e. The van der Waals surface area contributed by atoms with Crippen molar-refractivity contribution in [3.63, 3.8) is 0 Å². The van der Waals surface area contributed by atoms with Crippen LogP contribution in [0.1, 0.15) is 52.9 Å². The lowest BCUT2D eigenvalue weighted by Crippen LogP contribution is -2.48. The topological polar surface area (TPSA) is 64.3 Å². The van der Waals surface area contributed by atoms with Gasteiger partial charge in [0.25, 0.3) is 0 Å². The van der Waals surface area contributed by atoms with E-state index in [4.69, 9.17) is 10.5 Å². The molecule has 1 aliphatic carbocycles. The summed E-state index contributed by atoms with van der Waals surface area (Å²) in [5.74, 6) is -0.0297. The van der Waals surface area contributed by atoms with Crippen molar-refractivity contribution in [2.75, 3.05) is 6.54 Å². The lowest BCUT2D eigenvalue weighted by molar-refractivity contribution is -0.137. The van der Waals surface area contributed by atoms with Crippen molar-refractivity contribution in [2.24, 2.45) is 5.73 Å². The molecule has 4 heteroatoms. The fraction of sp³-hybridized carbons (Fsp3) is 0.923. The summed E-state index contributed by atoms with van der Waals surface area (Å²) in [6.45, 7) is 6.25. The van der Waals surface area contributed by atoms with Gasteiger partial charge in [-0.25, -0.2) is 0 Å². The van der Waals surface area contributed by atoms with Gasteiger partial charge < -0.3 is 15.8 Å². The minimum Gasteiger partial charge on any atom is -0.365 e. The van der Waals surface area contributed by atoms with Crippen LogP contribution < -0.4 is 11.1 Å². The van der Waals surface area contributed by atoms with Gasteiger partial charge in [-0.05, 0) is 33.1 Å². The summed E-state index contributed by atoms with van der Waals surface area (Å²) in [5, 5.41) is 2.86. The quantitative estimate of drug-likeness (QED) is 0.743. The maximum absolute atomic E-state index is 11.9. The van der Waals surface area contributed by atoms with Gasteiger partial charge in [-0.15, -0.1) is 0 Å². The molecule has 1 saturated carbocycles. The fourth-order valence-corrected chi connectivity index (χ4v) is 2.03. The Morgan fingerprint density at radius 3 is 2.53 bits per heavy atom. The molecule has 100 valence electrons. The van der Waals surface area contributed by atoms with Gasteiger partial charge >= 0.3 is 0 Å². The Labute approximate surface area is 104 Å². The van der Waals surface area contributed by atoms with Crippen molar-refractivity contribution < 1.29 is 9.53 Å². The molecule has 0 aromatic carbocycles. The Kier molecular flexibility index (Phi) is 5.40. The van der Waals surface area contributed by atoms with Crippen molar-refractivity contribution >= 4 is 5.91 Å². The molecule has 1 amide bonds. The molecule has 0 bridgehead atoms. The van der Waals surface area contributed by atoms with Crippen molar-refractivity contribution in [3.8, 4) is 0 Å². The zero-order valence-electron chi connectivity index (χ0n) is 11.3. The molecule has 0 radical (unpaired) electrons. The summed E-state index contributed by atoms with van der Waals surface area (Å²) in [5.41, 5.74) is 5.46. The number of nitrogens with one attached hydrogen (secondary N) is 1. The van der Waals surface area contributed by atoms with Crippen LogP contribution in [0.4, 0.5) is 0 Å². The van der Waals surface area contributed by atoms with Crippen LogP contribution >= 0.6 is 0 Å². The average Bonchev–Trinajstić information content (AvgIpc) is 2.74. The summed E-state index contributed by atoms with van der Waals surface area (Å²) >= 11 is 0. The lowest BCUT2D eigenvalue weighted by atomic mass is 10.1. The summed E-state index contributed by atoms with van der Waals surface area (Å²) < 4.78 is 5.83. The van der Waals surface area contributed by atoms with Crippen molar-refractivity contribution in [1.82, 2.24) is 5.32 Å². The Balaban J connectivity index is 2.35. The second-order valence-electron chi connectivity index (χ2n) is 5.65. The third-order valence-electron chi connectivity index (χ3n) is 3.04. The monoisotopic (exact) mass is 242 g/mol. The predicted octanol–water partition coefficient (Wildman–Crippen LogP) is 1.58. The van der Waals surface area contributed by atoms with Crippen LogP contribution in [-0.4, -0.2) is 30.2 Å². The Hall–Kier alpha value is -0.610. The van der Waals surface area contributed by atoms with Crippen LogP contribution in [0.2, 0.25) is 0 Å². The first-order valence-corrected chi connectivity index (χ1v) is 6.64. The molecule has 17 heavy (non-hydrogen) atoms.